The van der Waals surface area contributed by atoms with Gasteiger partial charge in [0.05, 0.1) is 6.10 Å². The van der Waals surface area contributed by atoms with E-state index < -0.39 is 0 Å². The summed E-state index contributed by atoms with van der Waals surface area (Å²) in [5, 5.41) is 9.34. The molecule has 0 amide bonds. The molecule has 3 heteroatoms. The Morgan fingerprint density at radius 3 is 2.21 bits per heavy atom. The second-order valence-electron chi connectivity index (χ2n) is 4.69. The number of benzene rings is 1. The molecule has 1 aromatic carbocycles. The van der Waals surface area contributed by atoms with Crippen molar-refractivity contribution < 1.29 is 5.11 Å². The molecule has 0 radical (unpaired) electrons. The van der Waals surface area contributed by atoms with E-state index in [2.05, 4.69) is 34.1 Å². The first-order valence-corrected chi connectivity index (χ1v) is 6.64. The molecule has 3 rings (SSSR count). The second-order valence-corrected chi connectivity index (χ2v) is 4.69. The van der Waals surface area contributed by atoms with Crippen molar-refractivity contribution in [3.63, 3.8) is 0 Å². The predicted octanol–water partition coefficient (Wildman–Crippen LogP) is 2.33. The first-order valence-electron chi connectivity index (χ1n) is 6.64. The molecule has 19 heavy (non-hydrogen) atoms. The average Bonchev–Trinajstić information content (AvgIpc) is 2.88. The van der Waals surface area contributed by atoms with Crippen LogP contribution in [0.3, 0.4) is 0 Å². The van der Waals surface area contributed by atoms with Crippen LogP contribution in [-0.2, 0) is 6.54 Å². The van der Waals surface area contributed by atoms with Crippen molar-refractivity contribution >= 4 is 0 Å². The average molecular weight is 256 g/mol. The van der Waals surface area contributed by atoms with Gasteiger partial charge < -0.3 is 5.11 Å². The van der Waals surface area contributed by atoms with Crippen LogP contribution in [0.4, 0.5) is 0 Å². The molecule has 1 N–H and O–H groups in total. The predicted molar refractivity (Wildman–Crippen MR) is 76.6 cm³/mol. The van der Waals surface area contributed by atoms with Crippen molar-refractivity contribution in [1.82, 2.24) is 9.88 Å². The third-order valence-corrected chi connectivity index (χ3v) is 3.06. The zero-order valence-corrected chi connectivity index (χ0v) is 11.0. The number of aromatic nitrogens is 1. The van der Waals surface area contributed by atoms with E-state index in [-0.39, 0.29) is 6.10 Å². The van der Waals surface area contributed by atoms with E-state index in [0.29, 0.717) is 0 Å². The maximum absolute atomic E-state index is 9.34. The Bertz CT molecular complexity index is 420. The summed E-state index contributed by atoms with van der Waals surface area (Å²) in [6.45, 7) is 2.82. The van der Waals surface area contributed by atoms with E-state index in [1.807, 2.05) is 24.3 Å². The summed E-state index contributed by atoms with van der Waals surface area (Å²) in [5.41, 5.74) is 1.33. The van der Waals surface area contributed by atoms with Crippen LogP contribution < -0.4 is 0 Å². The van der Waals surface area contributed by atoms with Gasteiger partial charge in [-0.25, -0.2) is 0 Å². The van der Waals surface area contributed by atoms with Gasteiger partial charge in [0.25, 0.3) is 0 Å². The van der Waals surface area contributed by atoms with E-state index >= 15 is 0 Å². The lowest BCUT2D eigenvalue weighted by molar-refractivity contribution is 0.175. The van der Waals surface area contributed by atoms with Gasteiger partial charge in [-0.05, 0) is 24.1 Å². The zero-order chi connectivity index (χ0) is 13.3. The number of aliphatic hydroxyl groups excluding tert-OH is 1. The van der Waals surface area contributed by atoms with Gasteiger partial charge in [0.2, 0.25) is 0 Å². The van der Waals surface area contributed by atoms with Gasteiger partial charge in [-0.15, -0.1) is 0 Å². The molecular weight excluding hydrogens is 236 g/mol. The van der Waals surface area contributed by atoms with Gasteiger partial charge in [0.15, 0.2) is 0 Å². The molecule has 2 heterocycles. The minimum Gasteiger partial charge on any atom is -0.392 e. The summed E-state index contributed by atoms with van der Waals surface area (Å²) in [6, 6.07) is 16.1. The quantitative estimate of drug-likeness (QED) is 0.896. The first kappa shape index (κ1) is 13.7. The molecule has 1 aliphatic heterocycles. The van der Waals surface area contributed by atoms with Crippen molar-refractivity contribution in [1.29, 1.82) is 0 Å². The Morgan fingerprint density at radius 1 is 1.05 bits per heavy atom. The molecule has 0 spiro atoms. The smallest absolute Gasteiger partial charge is 0.0679 e. The minimum absolute atomic E-state index is 0.108. The minimum atomic E-state index is -0.108. The third-order valence-electron chi connectivity index (χ3n) is 3.06. The topological polar surface area (TPSA) is 36.4 Å². The fourth-order valence-electron chi connectivity index (χ4n) is 2.11. The molecule has 1 unspecified atom stereocenters. The van der Waals surface area contributed by atoms with Crippen molar-refractivity contribution in [2.45, 2.75) is 19.1 Å². The molecular formula is C16H20N2O. The van der Waals surface area contributed by atoms with Crippen molar-refractivity contribution in [3.8, 4) is 0 Å². The summed E-state index contributed by atoms with van der Waals surface area (Å²) in [4.78, 5) is 6.08. The van der Waals surface area contributed by atoms with Crippen molar-refractivity contribution in [3.05, 3.63) is 66.5 Å². The Labute approximate surface area is 114 Å². The van der Waals surface area contributed by atoms with E-state index in [4.69, 9.17) is 0 Å². The molecule has 1 saturated heterocycles. The summed E-state index contributed by atoms with van der Waals surface area (Å²) < 4.78 is 0. The highest BCUT2D eigenvalue weighted by Gasteiger charge is 2.19. The monoisotopic (exact) mass is 256 g/mol. The number of pyridine rings is 1. The molecule has 1 atom stereocenters. The van der Waals surface area contributed by atoms with E-state index in [0.717, 1.165) is 26.1 Å². The summed E-state index contributed by atoms with van der Waals surface area (Å²) in [7, 11) is 0. The fourth-order valence-corrected chi connectivity index (χ4v) is 2.11. The Balaban J connectivity index is 0.000000186. The molecule has 0 aliphatic carbocycles. The lowest BCUT2D eigenvalue weighted by Gasteiger charge is -2.14. The van der Waals surface area contributed by atoms with E-state index in [9.17, 15) is 5.11 Å². The van der Waals surface area contributed by atoms with Crippen molar-refractivity contribution in [2.75, 3.05) is 13.1 Å². The van der Waals surface area contributed by atoms with Crippen LogP contribution in [0.5, 0.6) is 0 Å². The summed E-state index contributed by atoms with van der Waals surface area (Å²) in [5.74, 6) is 0. The van der Waals surface area contributed by atoms with Crippen LogP contribution >= 0.6 is 0 Å². The number of nitrogens with zero attached hydrogens (tertiary/aromatic N) is 2. The molecule has 0 saturated carbocycles. The highest BCUT2D eigenvalue weighted by Crippen LogP contribution is 2.12. The van der Waals surface area contributed by atoms with E-state index in [1.54, 1.807) is 12.4 Å². The lowest BCUT2D eigenvalue weighted by Crippen LogP contribution is -2.21. The number of aliphatic hydroxyl groups is 1. The van der Waals surface area contributed by atoms with Gasteiger partial charge in [-0.1, -0.05) is 36.4 Å². The first-order chi connectivity index (χ1) is 9.34. The number of hydrogen-bond acceptors (Lipinski definition) is 3. The van der Waals surface area contributed by atoms with Crippen LogP contribution in [0, 0.1) is 0 Å². The molecule has 100 valence electrons. The van der Waals surface area contributed by atoms with Gasteiger partial charge in [0, 0.05) is 32.0 Å². The number of β-amino-alcohol motifs (C(OH)–C–C–N with tert-alkyl or cyclic N) is 1. The third kappa shape index (κ3) is 5.20. The van der Waals surface area contributed by atoms with Gasteiger partial charge in [-0.2, -0.15) is 0 Å². The molecule has 0 bridgehead atoms. The fraction of sp³-hybridized carbons (Fsp3) is 0.312. The Morgan fingerprint density at radius 2 is 1.74 bits per heavy atom. The lowest BCUT2D eigenvalue weighted by atomic mass is 10.2. The Kier molecular flexibility index (Phi) is 5.53. The van der Waals surface area contributed by atoms with Gasteiger partial charge >= 0.3 is 0 Å². The second kappa shape index (κ2) is 7.67. The van der Waals surface area contributed by atoms with Gasteiger partial charge in [0.1, 0.15) is 0 Å². The standard InChI is InChI=1S/C11H15NO.C5H5N/c13-11-6-7-12(9-11)8-10-4-2-1-3-5-10;1-2-4-6-5-3-1/h1-5,11,13H,6-9H2;1-5H. The zero-order valence-electron chi connectivity index (χ0n) is 11.0. The molecule has 3 nitrogen and oxygen atoms in total. The van der Waals surface area contributed by atoms with E-state index in [1.165, 1.54) is 5.56 Å². The highest BCUT2D eigenvalue weighted by atomic mass is 16.3. The Hall–Kier alpha value is -1.71. The van der Waals surface area contributed by atoms with Crippen LogP contribution in [-0.4, -0.2) is 34.2 Å². The highest BCUT2D eigenvalue weighted by molar-refractivity contribution is 5.14. The number of rotatable bonds is 2. The summed E-state index contributed by atoms with van der Waals surface area (Å²) in [6.07, 6.45) is 4.32. The van der Waals surface area contributed by atoms with Crippen LogP contribution in [0.15, 0.2) is 60.9 Å². The number of likely N-dealkylation sites (tertiary alicyclic amines) is 1. The molecule has 2 aromatic rings. The van der Waals surface area contributed by atoms with Crippen molar-refractivity contribution in [2.24, 2.45) is 0 Å². The van der Waals surface area contributed by atoms with Crippen LogP contribution in [0.25, 0.3) is 0 Å². The van der Waals surface area contributed by atoms with Crippen LogP contribution in [0.2, 0.25) is 0 Å². The van der Waals surface area contributed by atoms with Crippen LogP contribution in [0.1, 0.15) is 12.0 Å². The molecule has 1 aliphatic rings. The SMILES string of the molecule is OC1CCN(Cc2ccccc2)C1.c1ccncc1. The maximum Gasteiger partial charge on any atom is 0.0679 e. The summed E-state index contributed by atoms with van der Waals surface area (Å²) >= 11 is 0. The molecule has 1 fully saturated rings. The maximum atomic E-state index is 9.34. The van der Waals surface area contributed by atoms with Gasteiger partial charge in [-0.3, -0.25) is 9.88 Å². The largest absolute Gasteiger partial charge is 0.392 e. The normalized spacial score (nSPS) is 18.7. The number of hydrogen-bond donors (Lipinski definition) is 1. The molecule has 1 aromatic heterocycles.